The normalized spacial score (nSPS) is 13.8. The molecule has 1 heterocycles. The lowest BCUT2D eigenvalue weighted by atomic mass is 9.99. The average molecular weight is 244 g/mol. The van der Waals surface area contributed by atoms with Gasteiger partial charge < -0.3 is 9.84 Å². The van der Waals surface area contributed by atoms with Gasteiger partial charge in [0.15, 0.2) is 0 Å². The van der Waals surface area contributed by atoms with E-state index in [1.807, 2.05) is 13.8 Å². The molecule has 0 aliphatic carbocycles. The zero-order valence-corrected chi connectivity index (χ0v) is 10.7. The van der Waals surface area contributed by atoms with Gasteiger partial charge in [0.05, 0.1) is 22.4 Å². The average Bonchev–Trinajstić information content (AvgIpc) is 2.27. The maximum atomic E-state index is 9.91. The van der Waals surface area contributed by atoms with Crippen LogP contribution < -0.4 is 0 Å². The Hall–Kier alpha value is -0.640. The molecule has 0 bridgehead atoms. The van der Waals surface area contributed by atoms with Crippen LogP contribution in [0.1, 0.15) is 38.5 Å². The van der Waals surface area contributed by atoms with Gasteiger partial charge in [-0.2, -0.15) is 0 Å². The van der Waals surface area contributed by atoms with Crippen LogP contribution >= 0.6 is 11.6 Å². The fourth-order valence-electron chi connectivity index (χ4n) is 1.32. The topological polar surface area (TPSA) is 42.4 Å². The first kappa shape index (κ1) is 13.4. The SMILES string of the molecule is COC(C)(C)CCC(O)c1ccc(Cl)cn1. The first-order chi connectivity index (χ1) is 7.44. The van der Waals surface area contributed by atoms with Crippen LogP contribution in [0.15, 0.2) is 18.3 Å². The quantitative estimate of drug-likeness (QED) is 0.865. The summed E-state index contributed by atoms with van der Waals surface area (Å²) in [4.78, 5) is 4.08. The number of hydrogen-bond donors (Lipinski definition) is 1. The molecule has 0 radical (unpaired) electrons. The van der Waals surface area contributed by atoms with Crippen LogP contribution in [0.4, 0.5) is 0 Å². The smallest absolute Gasteiger partial charge is 0.0960 e. The van der Waals surface area contributed by atoms with Crippen molar-refractivity contribution in [3.63, 3.8) is 0 Å². The first-order valence-corrected chi connectivity index (χ1v) is 5.67. The molecule has 0 amide bonds. The van der Waals surface area contributed by atoms with Gasteiger partial charge in [-0.1, -0.05) is 11.6 Å². The second kappa shape index (κ2) is 5.62. The van der Waals surface area contributed by atoms with Crippen LogP contribution in [-0.2, 0) is 4.74 Å². The molecule has 4 heteroatoms. The highest BCUT2D eigenvalue weighted by atomic mass is 35.5. The summed E-state index contributed by atoms with van der Waals surface area (Å²) in [6.07, 6.45) is 2.37. The summed E-state index contributed by atoms with van der Waals surface area (Å²) >= 11 is 5.72. The monoisotopic (exact) mass is 243 g/mol. The summed E-state index contributed by atoms with van der Waals surface area (Å²) in [6.45, 7) is 3.99. The Morgan fingerprint density at radius 2 is 2.19 bits per heavy atom. The van der Waals surface area contributed by atoms with E-state index in [0.29, 0.717) is 17.1 Å². The van der Waals surface area contributed by atoms with Gasteiger partial charge in [-0.15, -0.1) is 0 Å². The predicted octanol–water partition coefficient (Wildman–Crippen LogP) is 2.97. The van der Waals surface area contributed by atoms with Gasteiger partial charge in [0.2, 0.25) is 0 Å². The standard InChI is InChI=1S/C12H18ClNO2/c1-12(2,16-3)7-6-11(15)10-5-4-9(13)8-14-10/h4-5,8,11,15H,6-7H2,1-3H3. The summed E-state index contributed by atoms with van der Waals surface area (Å²) < 4.78 is 5.29. The number of pyridine rings is 1. The van der Waals surface area contributed by atoms with Crippen molar-refractivity contribution in [1.29, 1.82) is 0 Å². The number of methoxy groups -OCH3 is 1. The van der Waals surface area contributed by atoms with E-state index in [4.69, 9.17) is 16.3 Å². The molecule has 1 atom stereocenters. The minimum atomic E-state index is -0.563. The van der Waals surface area contributed by atoms with Crippen LogP contribution in [0.25, 0.3) is 0 Å². The number of nitrogens with zero attached hydrogens (tertiary/aromatic N) is 1. The number of aliphatic hydroxyl groups excluding tert-OH is 1. The molecule has 1 N–H and O–H groups in total. The number of rotatable bonds is 5. The molecule has 1 rings (SSSR count). The zero-order chi connectivity index (χ0) is 12.2. The second-order valence-electron chi connectivity index (χ2n) is 4.42. The first-order valence-electron chi connectivity index (χ1n) is 5.29. The van der Waals surface area contributed by atoms with Crippen LogP contribution in [-0.4, -0.2) is 22.8 Å². The van der Waals surface area contributed by atoms with Crippen molar-refractivity contribution in [2.45, 2.75) is 38.4 Å². The van der Waals surface area contributed by atoms with Crippen LogP contribution in [0.3, 0.4) is 0 Å². The highest BCUT2D eigenvalue weighted by molar-refractivity contribution is 6.30. The van der Waals surface area contributed by atoms with Crippen molar-refractivity contribution in [2.75, 3.05) is 7.11 Å². The lowest BCUT2D eigenvalue weighted by molar-refractivity contribution is 0.00241. The van der Waals surface area contributed by atoms with Crippen molar-refractivity contribution in [3.8, 4) is 0 Å². The van der Waals surface area contributed by atoms with Gasteiger partial charge in [0.25, 0.3) is 0 Å². The highest BCUT2D eigenvalue weighted by Crippen LogP contribution is 2.23. The number of aromatic nitrogens is 1. The molecule has 1 unspecified atom stereocenters. The molecule has 0 saturated heterocycles. The number of aliphatic hydroxyl groups is 1. The van der Waals surface area contributed by atoms with E-state index in [2.05, 4.69) is 4.98 Å². The number of ether oxygens (including phenoxy) is 1. The Labute approximate surface area is 101 Å². The summed E-state index contributed by atoms with van der Waals surface area (Å²) in [5, 5.41) is 10.5. The summed E-state index contributed by atoms with van der Waals surface area (Å²) in [7, 11) is 1.67. The second-order valence-corrected chi connectivity index (χ2v) is 4.86. The van der Waals surface area contributed by atoms with Crippen molar-refractivity contribution in [3.05, 3.63) is 29.0 Å². The molecular weight excluding hydrogens is 226 g/mol. The van der Waals surface area contributed by atoms with Crippen LogP contribution in [0.2, 0.25) is 5.02 Å². The Balaban J connectivity index is 2.53. The van der Waals surface area contributed by atoms with Gasteiger partial charge in [-0.05, 0) is 38.8 Å². The van der Waals surface area contributed by atoms with E-state index in [1.165, 1.54) is 0 Å². The molecule has 1 aromatic rings. The minimum absolute atomic E-state index is 0.215. The Bertz CT molecular complexity index is 324. The van der Waals surface area contributed by atoms with Crippen molar-refractivity contribution in [2.24, 2.45) is 0 Å². The lowest BCUT2D eigenvalue weighted by Gasteiger charge is -2.24. The molecule has 90 valence electrons. The van der Waals surface area contributed by atoms with E-state index in [-0.39, 0.29) is 5.60 Å². The molecule has 16 heavy (non-hydrogen) atoms. The predicted molar refractivity (Wildman–Crippen MR) is 64.5 cm³/mol. The molecule has 1 aromatic heterocycles. The molecule has 0 aliphatic rings. The molecule has 3 nitrogen and oxygen atoms in total. The number of hydrogen-bond acceptors (Lipinski definition) is 3. The molecule has 0 fully saturated rings. The van der Waals surface area contributed by atoms with Gasteiger partial charge in [-0.25, -0.2) is 0 Å². The molecule has 0 aromatic carbocycles. The van der Waals surface area contributed by atoms with E-state index >= 15 is 0 Å². The molecule has 0 spiro atoms. The zero-order valence-electron chi connectivity index (χ0n) is 9.90. The fourth-order valence-corrected chi connectivity index (χ4v) is 1.43. The Kier molecular flexibility index (Phi) is 4.71. The van der Waals surface area contributed by atoms with Gasteiger partial charge in [0, 0.05) is 13.3 Å². The minimum Gasteiger partial charge on any atom is -0.387 e. The van der Waals surface area contributed by atoms with Crippen LogP contribution in [0, 0.1) is 0 Å². The van der Waals surface area contributed by atoms with E-state index in [0.717, 1.165) is 6.42 Å². The van der Waals surface area contributed by atoms with Gasteiger partial charge in [-0.3, -0.25) is 4.98 Å². The van der Waals surface area contributed by atoms with E-state index in [1.54, 1.807) is 25.4 Å². The van der Waals surface area contributed by atoms with Gasteiger partial charge in [0.1, 0.15) is 0 Å². The third-order valence-electron chi connectivity index (χ3n) is 2.66. The summed E-state index contributed by atoms with van der Waals surface area (Å²) in [6, 6.07) is 3.47. The summed E-state index contributed by atoms with van der Waals surface area (Å²) in [5.41, 5.74) is 0.434. The third kappa shape index (κ3) is 4.08. The molecular formula is C12H18ClNO2. The lowest BCUT2D eigenvalue weighted by Crippen LogP contribution is -2.23. The maximum absolute atomic E-state index is 9.91. The number of halogens is 1. The van der Waals surface area contributed by atoms with Gasteiger partial charge >= 0.3 is 0 Å². The fraction of sp³-hybridized carbons (Fsp3) is 0.583. The van der Waals surface area contributed by atoms with E-state index in [9.17, 15) is 5.11 Å². The third-order valence-corrected chi connectivity index (χ3v) is 2.89. The van der Waals surface area contributed by atoms with E-state index < -0.39 is 6.10 Å². The van der Waals surface area contributed by atoms with Crippen molar-refractivity contribution < 1.29 is 9.84 Å². The van der Waals surface area contributed by atoms with Crippen molar-refractivity contribution in [1.82, 2.24) is 4.98 Å². The maximum Gasteiger partial charge on any atom is 0.0960 e. The van der Waals surface area contributed by atoms with Crippen LogP contribution in [0.5, 0.6) is 0 Å². The Morgan fingerprint density at radius 3 is 2.69 bits per heavy atom. The molecule has 0 aliphatic heterocycles. The van der Waals surface area contributed by atoms with Crippen molar-refractivity contribution >= 4 is 11.6 Å². The Morgan fingerprint density at radius 1 is 1.50 bits per heavy atom. The summed E-state index contributed by atoms with van der Waals surface area (Å²) in [5.74, 6) is 0. The largest absolute Gasteiger partial charge is 0.387 e. The molecule has 0 saturated carbocycles. The highest BCUT2D eigenvalue weighted by Gasteiger charge is 2.19.